The summed E-state index contributed by atoms with van der Waals surface area (Å²) in [5.74, 6) is 0. The second kappa shape index (κ2) is 6.51. The van der Waals surface area contributed by atoms with E-state index in [0.717, 1.165) is 5.69 Å². The molecule has 1 nitrogen and oxygen atoms in total. The smallest absolute Gasteiger partial charge is 0.0708 e. The zero-order chi connectivity index (χ0) is 16.2. The highest BCUT2D eigenvalue weighted by molar-refractivity contribution is 6.00. The summed E-state index contributed by atoms with van der Waals surface area (Å²) in [5.41, 5.74) is 4.53. The van der Waals surface area contributed by atoms with Gasteiger partial charge in [-0.1, -0.05) is 91.0 Å². The van der Waals surface area contributed by atoms with Crippen LogP contribution in [0.25, 0.3) is 34.1 Å². The molecule has 3 aromatic carbocycles. The molecule has 114 valence electrons. The van der Waals surface area contributed by atoms with Crippen molar-refractivity contribution in [3.05, 3.63) is 102 Å². The third kappa shape index (κ3) is 2.84. The fraction of sp³-hybridized carbons (Fsp3) is 0. The lowest BCUT2D eigenvalue weighted by Gasteiger charge is -2.08. The molecule has 0 atom stereocenters. The third-order valence-corrected chi connectivity index (χ3v) is 4.14. The van der Waals surface area contributed by atoms with Crippen LogP contribution >= 0.6 is 0 Å². The van der Waals surface area contributed by atoms with E-state index in [1.54, 1.807) is 0 Å². The molecule has 0 unspecified atom stereocenters. The van der Waals surface area contributed by atoms with E-state index in [1.165, 1.54) is 27.5 Å². The van der Waals surface area contributed by atoms with E-state index in [9.17, 15) is 0 Å². The number of rotatable bonds is 3. The second-order valence-corrected chi connectivity index (χ2v) is 5.71. The number of hydrogen-bond donors (Lipinski definition) is 0. The van der Waals surface area contributed by atoms with Crippen molar-refractivity contribution in [3.63, 3.8) is 0 Å². The van der Waals surface area contributed by atoms with E-state index in [1.807, 2.05) is 30.5 Å². The molecule has 24 heavy (non-hydrogen) atoms. The predicted molar refractivity (Wildman–Crippen MR) is 103 cm³/mol. The van der Waals surface area contributed by atoms with Crippen molar-refractivity contribution >= 4 is 22.9 Å². The molecule has 0 aliphatic heterocycles. The first-order valence-electron chi connectivity index (χ1n) is 8.08. The van der Waals surface area contributed by atoms with Gasteiger partial charge >= 0.3 is 0 Å². The molecule has 0 bridgehead atoms. The molecule has 4 rings (SSSR count). The number of fused-ring (bicyclic) bond motifs is 1. The molecule has 0 N–H and O–H groups in total. The van der Waals surface area contributed by atoms with Crippen LogP contribution in [-0.4, -0.2) is 4.98 Å². The van der Waals surface area contributed by atoms with E-state index in [0.29, 0.717) is 0 Å². The van der Waals surface area contributed by atoms with Crippen LogP contribution in [0.2, 0.25) is 0 Å². The minimum atomic E-state index is 0.995. The van der Waals surface area contributed by atoms with E-state index in [-0.39, 0.29) is 0 Å². The third-order valence-electron chi connectivity index (χ3n) is 4.14. The van der Waals surface area contributed by atoms with Gasteiger partial charge < -0.3 is 0 Å². The number of aromatic nitrogens is 1. The van der Waals surface area contributed by atoms with Crippen molar-refractivity contribution < 1.29 is 0 Å². The fourth-order valence-electron chi connectivity index (χ4n) is 2.93. The van der Waals surface area contributed by atoms with Gasteiger partial charge in [-0.3, -0.25) is 4.98 Å². The highest BCUT2D eigenvalue weighted by Crippen LogP contribution is 2.30. The summed E-state index contributed by atoms with van der Waals surface area (Å²) in [5, 5.41) is 2.40. The van der Waals surface area contributed by atoms with Crippen LogP contribution in [0.3, 0.4) is 0 Å². The lowest BCUT2D eigenvalue weighted by atomic mass is 9.99. The Kier molecular flexibility index (Phi) is 3.91. The van der Waals surface area contributed by atoms with Crippen LogP contribution in [0.15, 0.2) is 91.1 Å². The first-order chi connectivity index (χ1) is 11.9. The molecule has 0 radical (unpaired) electrons. The first kappa shape index (κ1) is 14.4. The number of hydrogen-bond acceptors (Lipinski definition) is 1. The summed E-state index contributed by atoms with van der Waals surface area (Å²) in [6.45, 7) is 0. The molecule has 1 heteroatoms. The van der Waals surface area contributed by atoms with E-state index in [4.69, 9.17) is 4.98 Å². The first-order valence-corrected chi connectivity index (χ1v) is 8.08. The van der Waals surface area contributed by atoms with Crippen LogP contribution in [0.4, 0.5) is 0 Å². The SMILES string of the molecule is C(=C\c1ncc(-c2ccccc2)c2ccccc12)/c1ccccc1. The predicted octanol–water partition coefficient (Wildman–Crippen LogP) is 6.07. The summed E-state index contributed by atoms with van der Waals surface area (Å²) in [6, 6.07) is 29.2. The average Bonchev–Trinajstić information content (AvgIpc) is 2.67. The topological polar surface area (TPSA) is 12.9 Å². The summed E-state index contributed by atoms with van der Waals surface area (Å²) in [7, 11) is 0. The molecular formula is C23H17N. The van der Waals surface area contributed by atoms with Gasteiger partial charge in [0.2, 0.25) is 0 Å². The highest BCUT2D eigenvalue weighted by atomic mass is 14.7. The van der Waals surface area contributed by atoms with E-state index >= 15 is 0 Å². The molecule has 0 saturated heterocycles. The molecule has 0 saturated carbocycles. The van der Waals surface area contributed by atoms with Gasteiger partial charge in [0.1, 0.15) is 0 Å². The normalized spacial score (nSPS) is 11.2. The zero-order valence-electron chi connectivity index (χ0n) is 13.3. The molecule has 1 heterocycles. The van der Waals surface area contributed by atoms with E-state index in [2.05, 4.69) is 72.8 Å². The van der Waals surface area contributed by atoms with Gasteiger partial charge in [0, 0.05) is 17.1 Å². The van der Waals surface area contributed by atoms with E-state index < -0.39 is 0 Å². The molecule has 0 amide bonds. The number of nitrogens with zero attached hydrogens (tertiary/aromatic N) is 1. The summed E-state index contributed by atoms with van der Waals surface area (Å²) in [4.78, 5) is 4.71. The van der Waals surface area contributed by atoms with Gasteiger partial charge in [0.15, 0.2) is 0 Å². The van der Waals surface area contributed by atoms with Gasteiger partial charge in [-0.2, -0.15) is 0 Å². The van der Waals surface area contributed by atoms with Crippen LogP contribution in [0, 0.1) is 0 Å². The average molecular weight is 307 g/mol. The van der Waals surface area contributed by atoms with Crippen LogP contribution < -0.4 is 0 Å². The Balaban J connectivity index is 1.83. The van der Waals surface area contributed by atoms with Crippen molar-refractivity contribution in [2.75, 3.05) is 0 Å². The Labute approximate surface area is 141 Å². The highest BCUT2D eigenvalue weighted by Gasteiger charge is 2.07. The van der Waals surface area contributed by atoms with Crippen molar-refractivity contribution in [2.24, 2.45) is 0 Å². The Morgan fingerprint density at radius 3 is 1.96 bits per heavy atom. The number of pyridine rings is 1. The minimum absolute atomic E-state index is 0.995. The van der Waals surface area contributed by atoms with Crippen molar-refractivity contribution in [1.29, 1.82) is 0 Å². The lowest BCUT2D eigenvalue weighted by Crippen LogP contribution is -1.88. The van der Waals surface area contributed by atoms with Crippen molar-refractivity contribution in [1.82, 2.24) is 4.98 Å². The standard InChI is InChI=1S/C23H17N/c1-3-9-18(10-4-1)15-16-23-21-14-8-7-13-20(21)22(17-24-23)19-11-5-2-6-12-19/h1-17H/b16-15+. The largest absolute Gasteiger partial charge is 0.256 e. The minimum Gasteiger partial charge on any atom is -0.256 e. The van der Waals surface area contributed by atoms with Crippen LogP contribution in [-0.2, 0) is 0 Å². The molecule has 0 aliphatic rings. The number of benzene rings is 3. The molecule has 0 aliphatic carbocycles. The zero-order valence-corrected chi connectivity index (χ0v) is 13.3. The Morgan fingerprint density at radius 1 is 0.583 bits per heavy atom. The van der Waals surface area contributed by atoms with Crippen molar-refractivity contribution in [2.45, 2.75) is 0 Å². The van der Waals surface area contributed by atoms with Gasteiger partial charge in [0.05, 0.1) is 5.69 Å². The summed E-state index contributed by atoms with van der Waals surface area (Å²) >= 11 is 0. The Hall–Kier alpha value is -3.19. The summed E-state index contributed by atoms with van der Waals surface area (Å²) in [6.07, 6.45) is 6.17. The molecule has 1 aromatic heterocycles. The fourth-order valence-corrected chi connectivity index (χ4v) is 2.93. The summed E-state index contributed by atoms with van der Waals surface area (Å²) < 4.78 is 0. The second-order valence-electron chi connectivity index (χ2n) is 5.71. The van der Waals surface area contributed by atoms with Gasteiger partial charge in [-0.05, 0) is 22.6 Å². The lowest BCUT2D eigenvalue weighted by molar-refractivity contribution is 1.33. The quantitative estimate of drug-likeness (QED) is 0.447. The maximum absolute atomic E-state index is 4.71. The van der Waals surface area contributed by atoms with Crippen LogP contribution in [0.5, 0.6) is 0 Å². The maximum atomic E-state index is 4.71. The van der Waals surface area contributed by atoms with Crippen molar-refractivity contribution in [3.8, 4) is 11.1 Å². The van der Waals surface area contributed by atoms with Gasteiger partial charge in [-0.15, -0.1) is 0 Å². The Bertz CT molecular complexity index is 986. The molecule has 0 spiro atoms. The molecule has 4 aromatic rings. The molecular weight excluding hydrogens is 290 g/mol. The Morgan fingerprint density at radius 2 is 1.21 bits per heavy atom. The molecule has 0 fully saturated rings. The van der Waals surface area contributed by atoms with Gasteiger partial charge in [0.25, 0.3) is 0 Å². The van der Waals surface area contributed by atoms with Crippen LogP contribution in [0.1, 0.15) is 11.3 Å². The maximum Gasteiger partial charge on any atom is 0.0708 e. The monoisotopic (exact) mass is 307 g/mol. The van der Waals surface area contributed by atoms with Gasteiger partial charge in [-0.25, -0.2) is 0 Å².